The van der Waals surface area contributed by atoms with Crippen LogP contribution in [-0.2, 0) is 19.0 Å². The third-order valence-corrected chi connectivity index (χ3v) is 7.20. The van der Waals surface area contributed by atoms with E-state index in [9.17, 15) is 14.8 Å². The Morgan fingerprint density at radius 1 is 1.31 bits per heavy atom. The molecule has 0 aromatic rings. The van der Waals surface area contributed by atoms with Crippen LogP contribution in [0.5, 0.6) is 0 Å². The highest BCUT2D eigenvalue weighted by atomic mass is 35.5. The number of halogens is 1. The molecule has 186 valence electrons. The predicted molar refractivity (Wildman–Crippen MR) is 125 cm³/mol. The van der Waals surface area contributed by atoms with Gasteiger partial charge in [0.1, 0.15) is 35.9 Å². The molecule has 0 unspecified atom stereocenters. The van der Waals surface area contributed by atoms with Crippen molar-refractivity contribution < 1.29 is 24.1 Å². The van der Waals surface area contributed by atoms with Gasteiger partial charge in [-0.1, -0.05) is 26.7 Å². The number of aliphatic hydroxyl groups is 1. The molecule has 0 saturated carbocycles. The highest BCUT2D eigenvalue weighted by molar-refractivity contribution is 7.99. The maximum Gasteiger partial charge on any atom is 0.244 e. The van der Waals surface area contributed by atoms with Gasteiger partial charge in [-0.15, -0.1) is 28.3 Å². The van der Waals surface area contributed by atoms with Crippen molar-refractivity contribution in [2.45, 2.75) is 107 Å². The smallest absolute Gasteiger partial charge is 0.244 e. The van der Waals surface area contributed by atoms with Crippen LogP contribution in [-0.4, -0.2) is 82.4 Å². The largest absolute Gasteiger partial charge is 0.387 e. The fraction of sp³-hybridized carbons (Fsp3) is 0.952. The minimum absolute atomic E-state index is 0.241. The lowest BCUT2D eigenvalue weighted by Gasteiger charge is -2.43. The molecule has 11 heteroatoms. The Bertz CT molecular complexity index is 643. The quantitative estimate of drug-likeness (QED) is 0.256. The highest BCUT2D eigenvalue weighted by Gasteiger charge is 2.57. The van der Waals surface area contributed by atoms with E-state index in [-0.39, 0.29) is 11.8 Å². The molecule has 2 heterocycles. The molecule has 1 amide bonds. The standard InChI is InChI=1S/C21H38ClN3O6S/c1-8-9-11(2)10-13(25(6)24-28)19(27)23-14(12(3)22)16-18-17(30-21(4,5)31-18)15(26)20(29-16)32-7/h11-18,20,26H,8-10H2,1-7H3,(H,23,27)/t11-,12+,13+,14-,15-,16-,17-,18+,20-/m1/s1. The van der Waals surface area contributed by atoms with E-state index < -0.39 is 53.1 Å². The van der Waals surface area contributed by atoms with Gasteiger partial charge in [0.05, 0.1) is 16.7 Å². The molecule has 2 fully saturated rings. The molecule has 0 aromatic carbocycles. The number of hydrogen-bond acceptors (Lipinski definition) is 8. The number of rotatable bonds is 11. The van der Waals surface area contributed by atoms with Crippen molar-refractivity contribution in [2.24, 2.45) is 11.2 Å². The molecule has 0 aromatic heterocycles. The van der Waals surface area contributed by atoms with Crippen LogP contribution in [0.4, 0.5) is 0 Å². The third kappa shape index (κ3) is 6.48. The molecule has 0 aliphatic carbocycles. The lowest BCUT2D eigenvalue weighted by molar-refractivity contribution is -0.168. The average molecular weight is 496 g/mol. The van der Waals surface area contributed by atoms with E-state index in [1.54, 1.807) is 20.8 Å². The van der Waals surface area contributed by atoms with Gasteiger partial charge in [-0.05, 0) is 39.4 Å². The lowest BCUT2D eigenvalue weighted by atomic mass is 9.92. The van der Waals surface area contributed by atoms with Gasteiger partial charge in [-0.3, -0.25) is 9.80 Å². The molecule has 2 saturated heterocycles. The van der Waals surface area contributed by atoms with Crippen LogP contribution in [0.1, 0.15) is 53.9 Å². The van der Waals surface area contributed by atoms with Gasteiger partial charge >= 0.3 is 0 Å². The maximum absolute atomic E-state index is 13.3. The van der Waals surface area contributed by atoms with E-state index in [4.69, 9.17) is 25.8 Å². The van der Waals surface area contributed by atoms with Gasteiger partial charge in [0, 0.05) is 7.05 Å². The molecule has 32 heavy (non-hydrogen) atoms. The van der Waals surface area contributed by atoms with Crippen molar-refractivity contribution in [3.05, 3.63) is 4.91 Å². The molecule has 2 aliphatic rings. The topological polar surface area (TPSA) is 110 Å². The van der Waals surface area contributed by atoms with E-state index in [2.05, 4.69) is 24.5 Å². The van der Waals surface area contributed by atoms with Gasteiger partial charge in [-0.25, -0.2) is 0 Å². The summed E-state index contributed by atoms with van der Waals surface area (Å²) in [6.07, 6.45) is 1.48. The van der Waals surface area contributed by atoms with Crippen molar-refractivity contribution >= 4 is 29.3 Å². The SMILES string of the molecule is CCC[C@@H](C)C[C@@H](C(=O)N[C@@H]([C@H]1O[C@H](SC)[C@H](O)[C@H]2OC(C)(C)O[C@H]21)[C@H](C)Cl)N(C)N=O. The monoisotopic (exact) mass is 495 g/mol. The summed E-state index contributed by atoms with van der Waals surface area (Å²) in [4.78, 5) is 24.5. The maximum atomic E-state index is 13.3. The molecule has 2 N–H and O–H groups in total. The number of thioether (sulfide) groups is 1. The highest BCUT2D eigenvalue weighted by Crippen LogP contribution is 2.41. The number of nitrogens with one attached hydrogen (secondary N) is 1. The number of carbonyl (C=O) groups is 1. The fourth-order valence-electron chi connectivity index (χ4n) is 4.48. The van der Waals surface area contributed by atoms with E-state index in [1.165, 1.54) is 18.8 Å². The summed E-state index contributed by atoms with van der Waals surface area (Å²) in [6, 6.07) is -1.37. The minimum Gasteiger partial charge on any atom is -0.387 e. The zero-order valence-electron chi connectivity index (χ0n) is 20.0. The van der Waals surface area contributed by atoms with Gasteiger partial charge in [0.2, 0.25) is 5.91 Å². The van der Waals surface area contributed by atoms with Crippen molar-refractivity contribution in [1.29, 1.82) is 0 Å². The first-order valence-electron chi connectivity index (χ1n) is 11.2. The summed E-state index contributed by atoms with van der Waals surface area (Å²) in [7, 11) is 1.50. The van der Waals surface area contributed by atoms with Crippen LogP contribution in [0.15, 0.2) is 5.29 Å². The summed E-state index contributed by atoms with van der Waals surface area (Å²) in [5.41, 5.74) is -0.562. The van der Waals surface area contributed by atoms with Gasteiger partial charge in [0.15, 0.2) is 5.79 Å². The van der Waals surface area contributed by atoms with E-state index >= 15 is 0 Å². The van der Waals surface area contributed by atoms with Crippen LogP contribution in [0.3, 0.4) is 0 Å². The van der Waals surface area contributed by atoms with Crippen LogP contribution in [0.25, 0.3) is 0 Å². The first kappa shape index (κ1) is 27.6. The van der Waals surface area contributed by atoms with E-state index in [1.807, 2.05) is 6.26 Å². The molecular weight excluding hydrogens is 458 g/mol. The number of alkyl halides is 1. The summed E-state index contributed by atoms with van der Waals surface area (Å²) in [6.45, 7) is 9.45. The number of fused-ring (bicyclic) bond motifs is 1. The second-order valence-electron chi connectivity index (χ2n) is 9.27. The Morgan fingerprint density at radius 3 is 2.47 bits per heavy atom. The van der Waals surface area contributed by atoms with E-state index in [0.29, 0.717) is 6.42 Å². The van der Waals surface area contributed by atoms with Gasteiger partial charge < -0.3 is 24.6 Å². The number of hydrogen-bond donors (Lipinski definition) is 2. The van der Waals surface area contributed by atoms with Crippen molar-refractivity contribution in [3.63, 3.8) is 0 Å². The van der Waals surface area contributed by atoms with Crippen LogP contribution in [0, 0.1) is 10.8 Å². The Hall–Kier alpha value is -0.650. The first-order valence-corrected chi connectivity index (χ1v) is 12.9. The minimum atomic E-state index is -0.908. The fourth-order valence-corrected chi connectivity index (χ4v) is 5.36. The lowest BCUT2D eigenvalue weighted by Crippen LogP contribution is -2.64. The zero-order chi connectivity index (χ0) is 24.2. The summed E-state index contributed by atoms with van der Waals surface area (Å²) < 4.78 is 18.2. The summed E-state index contributed by atoms with van der Waals surface area (Å²) in [5.74, 6) is -1.02. The number of aliphatic hydroxyl groups excluding tert-OH is 1. The Labute approximate surface area is 200 Å². The van der Waals surface area contributed by atoms with Gasteiger partial charge in [-0.2, -0.15) is 0 Å². The van der Waals surface area contributed by atoms with Crippen LogP contribution in [0.2, 0.25) is 0 Å². The molecule has 0 spiro atoms. The molecular formula is C21H38ClN3O6S. The second-order valence-corrected chi connectivity index (χ2v) is 10.9. The zero-order valence-corrected chi connectivity index (χ0v) is 21.6. The van der Waals surface area contributed by atoms with Gasteiger partial charge in [0.25, 0.3) is 0 Å². The summed E-state index contributed by atoms with van der Waals surface area (Å²) >= 11 is 7.88. The normalized spacial score (nSPS) is 33.0. The Morgan fingerprint density at radius 2 is 1.94 bits per heavy atom. The van der Waals surface area contributed by atoms with Crippen molar-refractivity contribution in [2.75, 3.05) is 13.3 Å². The molecule has 2 rings (SSSR count). The van der Waals surface area contributed by atoms with Crippen LogP contribution < -0.4 is 5.32 Å². The number of likely N-dealkylation sites (N-methyl/N-ethyl adjacent to an activating group) is 1. The van der Waals surface area contributed by atoms with Crippen LogP contribution >= 0.6 is 23.4 Å². The number of amides is 1. The Balaban J connectivity index is 2.27. The average Bonchev–Trinajstić information content (AvgIpc) is 3.06. The first-order chi connectivity index (χ1) is 14.9. The summed E-state index contributed by atoms with van der Waals surface area (Å²) in [5, 5.41) is 17.3. The predicted octanol–water partition coefficient (Wildman–Crippen LogP) is 2.88. The molecule has 0 bridgehead atoms. The molecule has 2 aliphatic heterocycles. The van der Waals surface area contributed by atoms with E-state index in [0.717, 1.165) is 17.9 Å². The molecule has 0 radical (unpaired) electrons. The molecule has 9 atom stereocenters. The van der Waals surface area contributed by atoms with Crippen molar-refractivity contribution in [3.8, 4) is 0 Å². The number of ether oxygens (including phenoxy) is 3. The number of carbonyl (C=O) groups excluding carboxylic acids is 1. The second kappa shape index (κ2) is 11.7. The number of nitrogens with zero attached hydrogens (tertiary/aromatic N) is 2. The van der Waals surface area contributed by atoms with Crippen molar-refractivity contribution in [1.82, 2.24) is 10.3 Å². The third-order valence-electron chi connectivity index (χ3n) is 6.07. The number of nitroso groups, excluding NO2 is 1. The Kier molecular flexibility index (Phi) is 10.1. The molecule has 9 nitrogen and oxygen atoms in total.